The number of nitrogens with zero attached hydrogens (tertiary/aromatic N) is 4. The molecule has 0 aliphatic carbocycles. The molecule has 0 unspecified atom stereocenters. The highest BCUT2D eigenvalue weighted by Gasteiger charge is 2.11. The first kappa shape index (κ1) is 13.8. The van der Waals surface area contributed by atoms with Gasteiger partial charge < -0.3 is 0 Å². The third-order valence-electron chi connectivity index (χ3n) is 3.53. The highest BCUT2D eigenvalue weighted by molar-refractivity contribution is 6.30. The highest BCUT2D eigenvalue weighted by atomic mass is 35.5. The first-order valence-electron chi connectivity index (χ1n) is 6.92. The zero-order chi connectivity index (χ0) is 15.8. The van der Waals surface area contributed by atoms with Crippen LogP contribution in [0.15, 0.2) is 61.2 Å². The molecule has 4 aromatic rings. The van der Waals surface area contributed by atoms with Crippen molar-refractivity contribution in [3.05, 3.63) is 72.0 Å². The Hall–Kier alpha value is -2.79. The largest absolute Gasteiger partial charge is 0.256 e. The van der Waals surface area contributed by atoms with E-state index in [4.69, 9.17) is 11.6 Å². The maximum absolute atomic E-state index is 13.7. The lowest BCUT2D eigenvalue weighted by atomic mass is 10.0. The van der Waals surface area contributed by atoms with Crippen LogP contribution in [0.4, 0.5) is 4.39 Å². The van der Waals surface area contributed by atoms with E-state index in [1.807, 2.05) is 30.5 Å². The molecule has 3 aromatic heterocycles. The van der Waals surface area contributed by atoms with Crippen molar-refractivity contribution in [1.82, 2.24) is 19.6 Å². The minimum absolute atomic E-state index is 0.336. The van der Waals surface area contributed by atoms with Crippen molar-refractivity contribution < 1.29 is 4.39 Å². The minimum Gasteiger partial charge on any atom is -0.256 e. The summed E-state index contributed by atoms with van der Waals surface area (Å²) in [6.45, 7) is 0. The lowest BCUT2D eigenvalue weighted by Crippen LogP contribution is -1.93. The van der Waals surface area contributed by atoms with Crippen molar-refractivity contribution in [3.63, 3.8) is 0 Å². The zero-order valence-corrected chi connectivity index (χ0v) is 12.6. The van der Waals surface area contributed by atoms with Gasteiger partial charge in [0.25, 0.3) is 0 Å². The van der Waals surface area contributed by atoms with Crippen LogP contribution in [0, 0.1) is 5.82 Å². The maximum atomic E-state index is 13.7. The fraction of sp³-hybridized carbons (Fsp3) is 0. The molecule has 4 nitrogen and oxygen atoms in total. The number of hydrogen-bond acceptors (Lipinski definition) is 3. The van der Waals surface area contributed by atoms with E-state index >= 15 is 0 Å². The molecule has 0 aliphatic rings. The molecule has 23 heavy (non-hydrogen) atoms. The Labute approximate surface area is 136 Å². The van der Waals surface area contributed by atoms with Crippen LogP contribution in [0.1, 0.15) is 0 Å². The topological polar surface area (TPSA) is 43.1 Å². The second-order valence-electron chi connectivity index (χ2n) is 5.04. The van der Waals surface area contributed by atoms with E-state index in [9.17, 15) is 4.39 Å². The first-order chi connectivity index (χ1) is 11.2. The monoisotopic (exact) mass is 324 g/mol. The predicted molar refractivity (Wildman–Crippen MR) is 86.6 cm³/mol. The number of fused-ring (bicyclic) bond motifs is 1. The molecule has 4 rings (SSSR count). The van der Waals surface area contributed by atoms with Gasteiger partial charge in [-0.2, -0.15) is 5.10 Å². The Balaban J connectivity index is 1.92. The van der Waals surface area contributed by atoms with E-state index in [1.165, 1.54) is 18.5 Å². The molecule has 0 bridgehead atoms. The van der Waals surface area contributed by atoms with Crippen molar-refractivity contribution in [2.75, 3.05) is 0 Å². The zero-order valence-electron chi connectivity index (χ0n) is 11.8. The smallest absolute Gasteiger partial charge is 0.155 e. The third kappa shape index (κ3) is 2.55. The van der Waals surface area contributed by atoms with Crippen molar-refractivity contribution in [2.45, 2.75) is 0 Å². The molecule has 3 heterocycles. The number of halogens is 2. The number of pyridine rings is 2. The summed E-state index contributed by atoms with van der Waals surface area (Å²) in [5, 5.41) is 4.48. The lowest BCUT2D eigenvalue weighted by molar-refractivity contribution is 0.628. The highest BCUT2D eigenvalue weighted by Crippen LogP contribution is 2.32. The summed E-state index contributed by atoms with van der Waals surface area (Å²) in [6, 6.07) is 12.0. The molecule has 0 N–H and O–H groups in total. The van der Waals surface area contributed by atoms with Gasteiger partial charge in [-0.15, -0.1) is 0 Å². The van der Waals surface area contributed by atoms with E-state index in [0.29, 0.717) is 16.3 Å². The second-order valence-corrected chi connectivity index (χ2v) is 5.47. The van der Waals surface area contributed by atoms with Crippen molar-refractivity contribution in [2.24, 2.45) is 0 Å². The van der Waals surface area contributed by atoms with Crippen LogP contribution in [-0.2, 0) is 0 Å². The molecule has 0 saturated carbocycles. The van der Waals surface area contributed by atoms with Gasteiger partial charge in [0.1, 0.15) is 12.1 Å². The Morgan fingerprint density at radius 1 is 1.00 bits per heavy atom. The van der Waals surface area contributed by atoms with Crippen LogP contribution in [0.2, 0.25) is 5.02 Å². The van der Waals surface area contributed by atoms with Crippen LogP contribution in [-0.4, -0.2) is 19.6 Å². The van der Waals surface area contributed by atoms with Crippen molar-refractivity contribution in [1.29, 1.82) is 0 Å². The fourth-order valence-electron chi connectivity index (χ4n) is 2.54. The van der Waals surface area contributed by atoms with Gasteiger partial charge in [-0.1, -0.05) is 17.7 Å². The fourth-order valence-corrected chi connectivity index (χ4v) is 2.76. The SMILES string of the molecule is Fc1cc(Cl)cc(-c2ncccc2-c2ccc3ncnn3c2)c1. The van der Waals surface area contributed by atoms with E-state index < -0.39 is 5.82 Å². The standard InChI is InChI=1S/C17H10ClFN4/c18-13-6-12(7-14(19)8-13)17-15(2-1-5-20-17)11-3-4-16-21-10-22-23(16)9-11/h1-10H. The molecule has 6 heteroatoms. The minimum atomic E-state index is -0.393. The summed E-state index contributed by atoms with van der Waals surface area (Å²) >= 11 is 5.97. The van der Waals surface area contributed by atoms with Gasteiger partial charge in [-0.05, 0) is 36.4 Å². The summed E-state index contributed by atoms with van der Waals surface area (Å²) in [5.41, 5.74) is 3.82. The van der Waals surface area contributed by atoms with Gasteiger partial charge in [0.2, 0.25) is 0 Å². The third-order valence-corrected chi connectivity index (χ3v) is 3.75. The number of benzene rings is 1. The van der Waals surface area contributed by atoms with E-state index in [-0.39, 0.29) is 0 Å². The number of rotatable bonds is 2. The quantitative estimate of drug-likeness (QED) is 0.553. The molecule has 0 fully saturated rings. The molecule has 0 saturated heterocycles. The van der Waals surface area contributed by atoms with Gasteiger partial charge in [0.15, 0.2) is 5.65 Å². The average Bonchev–Trinajstić information content (AvgIpc) is 3.01. The van der Waals surface area contributed by atoms with Gasteiger partial charge in [0.05, 0.1) is 5.69 Å². The van der Waals surface area contributed by atoms with Crippen LogP contribution in [0.5, 0.6) is 0 Å². The van der Waals surface area contributed by atoms with Gasteiger partial charge >= 0.3 is 0 Å². The Morgan fingerprint density at radius 3 is 2.78 bits per heavy atom. The lowest BCUT2D eigenvalue weighted by Gasteiger charge is -2.09. The van der Waals surface area contributed by atoms with Gasteiger partial charge in [0, 0.05) is 34.1 Å². The molecule has 0 atom stereocenters. The number of aromatic nitrogens is 4. The Morgan fingerprint density at radius 2 is 1.91 bits per heavy atom. The molecule has 0 aliphatic heterocycles. The predicted octanol–water partition coefficient (Wildman–Crippen LogP) is 4.25. The van der Waals surface area contributed by atoms with Crippen LogP contribution >= 0.6 is 11.6 Å². The van der Waals surface area contributed by atoms with Crippen LogP contribution in [0.3, 0.4) is 0 Å². The summed E-state index contributed by atoms with van der Waals surface area (Å²) in [5.74, 6) is -0.393. The second kappa shape index (κ2) is 5.44. The Bertz CT molecular complexity index is 992. The van der Waals surface area contributed by atoms with Gasteiger partial charge in [-0.3, -0.25) is 4.98 Å². The molecular formula is C17H10ClFN4. The van der Waals surface area contributed by atoms with Crippen LogP contribution in [0.25, 0.3) is 28.0 Å². The van der Waals surface area contributed by atoms with E-state index in [1.54, 1.807) is 16.8 Å². The number of hydrogen-bond donors (Lipinski definition) is 0. The molecule has 0 amide bonds. The van der Waals surface area contributed by atoms with Gasteiger partial charge in [-0.25, -0.2) is 13.9 Å². The van der Waals surface area contributed by atoms with E-state index in [2.05, 4.69) is 15.1 Å². The molecule has 112 valence electrons. The summed E-state index contributed by atoms with van der Waals surface area (Å²) in [4.78, 5) is 8.53. The average molecular weight is 325 g/mol. The maximum Gasteiger partial charge on any atom is 0.155 e. The molecular weight excluding hydrogens is 315 g/mol. The summed E-state index contributed by atoms with van der Waals surface area (Å²) in [7, 11) is 0. The molecule has 0 spiro atoms. The molecule has 0 radical (unpaired) electrons. The normalized spacial score (nSPS) is 11.0. The van der Waals surface area contributed by atoms with Crippen molar-refractivity contribution in [3.8, 4) is 22.4 Å². The first-order valence-corrected chi connectivity index (χ1v) is 7.30. The van der Waals surface area contributed by atoms with Crippen LogP contribution < -0.4 is 0 Å². The van der Waals surface area contributed by atoms with Crippen molar-refractivity contribution >= 4 is 17.2 Å². The summed E-state index contributed by atoms with van der Waals surface area (Å²) in [6.07, 6.45) is 5.03. The Kier molecular flexibility index (Phi) is 3.28. The molecule has 1 aromatic carbocycles. The van der Waals surface area contributed by atoms with E-state index in [0.717, 1.165) is 16.8 Å². The summed E-state index contributed by atoms with van der Waals surface area (Å²) < 4.78 is 15.4.